The van der Waals surface area contributed by atoms with Crippen molar-refractivity contribution in [3.8, 4) is 0 Å². The summed E-state index contributed by atoms with van der Waals surface area (Å²) in [6, 6.07) is -0.926. The Hall–Kier alpha value is -1.18. The van der Waals surface area contributed by atoms with Crippen LogP contribution in [0.3, 0.4) is 0 Å². The normalized spacial score (nSPS) is 28.4. The number of carboxylic acids is 1. The van der Waals surface area contributed by atoms with Crippen LogP contribution >= 0.6 is 0 Å². The molecule has 2 saturated heterocycles. The van der Waals surface area contributed by atoms with Crippen LogP contribution in [0.4, 0.5) is 0 Å². The van der Waals surface area contributed by atoms with Gasteiger partial charge in [0.05, 0.1) is 25.9 Å². The van der Waals surface area contributed by atoms with E-state index in [1.54, 1.807) is 6.92 Å². The summed E-state index contributed by atoms with van der Waals surface area (Å²) in [5.74, 6) is -1.36. The standard InChI is InChI=1S/C13H21NO6/c1-9(20-7-10-3-2-5-19-10)12(15)14-4-6-18-8-11(14)13(16)17/h9-11H,2-8H2,1H3,(H,16,17). The molecule has 1 N–H and O–H groups in total. The van der Waals surface area contributed by atoms with Crippen molar-refractivity contribution in [1.82, 2.24) is 4.90 Å². The molecule has 0 bridgehead atoms. The van der Waals surface area contributed by atoms with E-state index in [0.29, 0.717) is 13.2 Å². The average molecular weight is 287 g/mol. The number of nitrogens with zero attached hydrogens (tertiary/aromatic N) is 1. The number of rotatable bonds is 5. The molecule has 0 spiro atoms. The van der Waals surface area contributed by atoms with Gasteiger partial charge < -0.3 is 24.2 Å². The zero-order valence-corrected chi connectivity index (χ0v) is 11.6. The van der Waals surface area contributed by atoms with Gasteiger partial charge >= 0.3 is 5.97 Å². The van der Waals surface area contributed by atoms with E-state index in [-0.39, 0.29) is 25.2 Å². The molecular weight excluding hydrogens is 266 g/mol. The molecule has 0 saturated carbocycles. The SMILES string of the molecule is CC(OCC1CCCO1)C(=O)N1CCOCC1C(=O)O. The van der Waals surface area contributed by atoms with E-state index in [1.807, 2.05) is 0 Å². The third-order valence-electron chi connectivity index (χ3n) is 3.60. The molecule has 0 aromatic rings. The van der Waals surface area contributed by atoms with Gasteiger partial charge in [0.2, 0.25) is 0 Å². The molecule has 2 rings (SSSR count). The average Bonchev–Trinajstić information content (AvgIpc) is 2.97. The first-order valence-corrected chi connectivity index (χ1v) is 6.94. The lowest BCUT2D eigenvalue weighted by Gasteiger charge is -2.34. The molecule has 3 unspecified atom stereocenters. The summed E-state index contributed by atoms with van der Waals surface area (Å²) in [7, 11) is 0. The lowest BCUT2D eigenvalue weighted by Crippen LogP contribution is -2.55. The Balaban J connectivity index is 1.85. The monoisotopic (exact) mass is 287 g/mol. The molecule has 0 aliphatic carbocycles. The lowest BCUT2D eigenvalue weighted by molar-refractivity contribution is -0.164. The number of carboxylic acid groups (broad SMARTS) is 1. The predicted octanol–water partition coefficient (Wildman–Crippen LogP) is -0.117. The summed E-state index contributed by atoms with van der Waals surface area (Å²) in [5, 5.41) is 9.11. The molecule has 114 valence electrons. The van der Waals surface area contributed by atoms with Gasteiger partial charge in [0.15, 0.2) is 6.04 Å². The topological polar surface area (TPSA) is 85.3 Å². The number of aliphatic carboxylic acids is 1. The highest BCUT2D eigenvalue weighted by atomic mass is 16.5. The van der Waals surface area contributed by atoms with Gasteiger partial charge in [0, 0.05) is 13.2 Å². The Morgan fingerprint density at radius 1 is 1.45 bits per heavy atom. The van der Waals surface area contributed by atoms with E-state index < -0.39 is 18.1 Å². The summed E-state index contributed by atoms with van der Waals surface area (Å²) in [4.78, 5) is 24.7. The highest BCUT2D eigenvalue weighted by molar-refractivity contribution is 5.86. The quantitative estimate of drug-likeness (QED) is 0.759. The van der Waals surface area contributed by atoms with Crippen LogP contribution in [-0.2, 0) is 23.8 Å². The molecule has 20 heavy (non-hydrogen) atoms. The van der Waals surface area contributed by atoms with Crippen molar-refractivity contribution in [3.63, 3.8) is 0 Å². The second kappa shape index (κ2) is 7.01. The first-order valence-electron chi connectivity index (χ1n) is 6.94. The van der Waals surface area contributed by atoms with Gasteiger partial charge in [-0.25, -0.2) is 4.79 Å². The summed E-state index contributed by atoms with van der Waals surface area (Å²) in [6.45, 7) is 3.42. The molecule has 2 aliphatic rings. The van der Waals surface area contributed by atoms with E-state index in [4.69, 9.17) is 19.3 Å². The predicted molar refractivity (Wildman–Crippen MR) is 68.3 cm³/mol. The fraction of sp³-hybridized carbons (Fsp3) is 0.846. The van der Waals surface area contributed by atoms with Crippen LogP contribution in [0.5, 0.6) is 0 Å². The molecule has 7 heteroatoms. The summed E-state index contributed by atoms with van der Waals surface area (Å²) in [6.07, 6.45) is 1.33. The van der Waals surface area contributed by atoms with Crippen molar-refractivity contribution in [1.29, 1.82) is 0 Å². The second-order valence-electron chi connectivity index (χ2n) is 5.07. The third kappa shape index (κ3) is 3.68. The summed E-state index contributed by atoms with van der Waals surface area (Å²) in [5.41, 5.74) is 0. The number of hydrogen-bond acceptors (Lipinski definition) is 5. The first kappa shape index (κ1) is 15.2. The number of carbonyl (C=O) groups is 2. The van der Waals surface area contributed by atoms with Gasteiger partial charge in [-0.15, -0.1) is 0 Å². The molecule has 7 nitrogen and oxygen atoms in total. The molecule has 0 radical (unpaired) electrons. The van der Waals surface area contributed by atoms with Crippen LogP contribution < -0.4 is 0 Å². The van der Waals surface area contributed by atoms with Crippen LogP contribution in [0.1, 0.15) is 19.8 Å². The van der Waals surface area contributed by atoms with Gasteiger partial charge in [0.25, 0.3) is 5.91 Å². The number of hydrogen-bond donors (Lipinski definition) is 1. The first-order chi connectivity index (χ1) is 9.59. The van der Waals surface area contributed by atoms with Gasteiger partial charge in [-0.05, 0) is 19.8 Å². The van der Waals surface area contributed by atoms with Gasteiger partial charge in [-0.1, -0.05) is 0 Å². The number of ether oxygens (including phenoxy) is 3. The van der Waals surface area contributed by atoms with Crippen LogP contribution in [0.15, 0.2) is 0 Å². The molecule has 2 aliphatic heterocycles. The Morgan fingerprint density at radius 3 is 2.90 bits per heavy atom. The van der Waals surface area contributed by atoms with E-state index >= 15 is 0 Å². The minimum absolute atomic E-state index is 0.0273. The Bertz CT molecular complexity index is 355. The Labute approximate surface area is 117 Å². The zero-order valence-electron chi connectivity index (χ0n) is 11.6. The maximum Gasteiger partial charge on any atom is 0.328 e. The molecule has 1 amide bonds. The van der Waals surface area contributed by atoms with Crippen LogP contribution in [0.2, 0.25) is 0 Å². The molecular formula is C13H21NO6. The van der Waals surface area contributed by atoms with Crippen LogP contribution in [0.25, 0.3) is 0 Å². The van der Waals surface area contributed by atoms with E-state index in [2.05, 4.69) is 0 Å². The van der Waals surface area contributed by atoms with Crippen molar-refractivity contribution >= 4 is 11.9 Å². The van der Waals surface area contributed by atoms with E-state index in [0.717, 1.165) is 19.4 Å². The van der Waals surface area contributed by atoms with Crippen LogP contribution in [0, 0.1) is 0 Å². The number of carbonyl (C=O) groups excluding carboxylic acids is 1. The fourth-order valence-electron chi connectivity index (χ4n) is 2.40. The molecule has 2 fully saturated rings. The lowest BCUT2D eigenvalue weighted by atomic mass is 10.2. The van der Waals surface area contributed by atoms with E-state index in [9.17, 15) is 9.59 Å². The number of amides is 1. The van der Waals surface area contributed by atoms with E-state index in [1.165, 1.54) is 4.90 Å². The van der Waals surface area contributed by atoms with Crippen molar-refractivity contribution < 1.29 is 28.9 Å². The van der Waals surface area contributed by atoms with Crippen molar-refractivity contribution in [2.75, 3.05) is 33.0 Å². The largest absolute Gasteiger partial charge is 0.480 e. The third-order valence-corrected chi connectivity index (χ3v) is 3.60. The second-order valence-corrected chi connectivity index (χ2v) is 5.07. The maximum absolute atomic E-state index is 12.3. The fourth-order valence-corrected chi connectivity index (χ4v) is 2.40. The number of morpholine rings is 1. The summed E-state index contributed by atoms with van der Waals surface area (Å²) < 4.78 is 16.1. The van der Waals surface area contributed by atoms with Crippen molar-refractivity contribution in [2.45, 2.75) is 38.0 Å². The van der Waals surface area contributed by atoms with Crippen molar-refractivity contribution in [2.24, 2.45) is 0 Å². The van der Waals surface area contributed by atoms with Crippen LogP contribution in [-0.4, -0.2) is 73.1 Å². The van der Waals surface area contributed by atoms with Gasteiger partial charge in [-0.2, -0.15) is 0 Å². The maximum atomic E-state index is 12.3. The minimum atomic E-state index is -1.05. The van der Waals surface area contributed by atoms with Gasteiger partial charge in [-0.3, -0.25) is 4.79 Å². The Kier molecular flexibility index (Phi) is 5.33. The smallest absolute Gasteiger partial charge is 0.328 e. The molecule has 2 heterocycles. The van der Waals surface area contributed by atoms with Gasteiger partial charge in [0.1, 0.15) is 6.10 Å². The van der Waals surface area contributed by atoms with Crippen molar-refractivity contribution in [3.05, 3.63) is 0 Å². The molecule has 3 atom stereocenters. The summed E-state index contributed by atoms with van der Waals surface area (Å²) >= 11 is 0. The highest BCUT2D eigenvalue weighted by Crippen LogP contribution is 2.15. The Morgan fingerprint density at radius 2 is 2.25 bits per heavy atom. The molecule has 0 aromatic heterocycles. The minimum Gasteiger partial charge on any atom is -0.480 e. The zero-order chi connectivity index (χ0) is 14.5. The molecule has 0 aromatic carbocycles. The highest BCUT2D eigenvalue weighted by Gasteiger charge is 2.35.